The third kappa shape index (κ3) is 8.00. The molecule has 0 spiro atoms. The topological polar surface area (TPSA) is 44.4 Å². The van der Waals surface area contributed by atoms with Crippen molar-refractivity contribution < 1.29 is 4.79 Å². The molecule has 2 unspecified atom stereocenters. The van der Waals surface area contributed by atoms with Crippen LogP contribution in [0.25, 0.3) is 0 Å². The SMILES string of the molecule is CNCC(C)C(=O)NCC(C(C)C)N1CCC(C)CC1.Cl.Cl. The molecule has 0 aliphatic carbocycles. The molecular weight excluding hydrogens is 321 g/mol. The first-order chi connectivity index (χ1) is 9.45. The van der Waals surface area contributed by atoms with Gasteiger partial charge in [0.15, 0.2) is 0 Å². The van der Waals surface area contributed by atoms with E-state index in [1.165, 1.54) is 25.9 Å². The van der Waals surface area contributed by atoms with Gasteiger partial charge >= 0.3 is 0 Å². The lowest BCUT2D eigenvalue weighted by molar-refractivity contribution is -0.124. The number of amides is 1. The molecule has 0 bridgehead atoms. The Kier molecular flexibility index (Phi) is 13.7. The van der Waals surface area contributed by atoms with Crippen molar-refractivity contribution in [2.24, 2.45) is 17.8 Å². The Morgan fingerprint density at radius 1 is 1.14 bits per heavy atom. The van der Waals surface area contributed by atoms with E-state index >= 15 is 0 Å². The largest absolute Gasteiger partial charge is 0.354 e. The number of nitrogens with one attached hydrogen (secondary N) is 2. The van der Waals surface area contributed by atoms with E-state index in [4.69, 9.17) is 0 Å². The Morgan fingerprint density at radius 2 is 1.68 bits per heavy atom. The van der Waals surface area contributed by atoms with Crippen LogP contribution in [0.5, 0.6) is 0 Å². The molecule has 1 rings (SSSR count). The van der Waals surface area contributed by atoms with Crippen LogP contribution in [0.1, 0.15) is 40.5 Å². The highest BCUT2D eigenvalue weighted by molar-refractivity contribution is 5.85. The van der Waals surface area contributed by atoms with Crippen molar-refractivity contribution in [3.8, 4) is 0 Å². The van der Waals surface area contributed by atoms with Crippen molar-refractivity contribution in [3.63, 3.8) is 0 Å². The van der Waals surface area contributed by atoms with E-state index in [2.05, 4.69) is 36.3 Å². The minimum atomic E-state index is 0. The smallest absolute Gasteiger partial charge is 0.224 e. The van der Waals surface area contributed by atoms with Gasteiger partial charge in [-0.1, -0.05) is 27.7 Å². The fourth-order valence-corrected chi connectivity index (χ4v) is 2.92. The molecule has 0 saturated carbocycles. The quantitative estimate of drug-likeness (QED) is 0.737. The maximum atomic E-state index is 12.0. The zero-order valence-electron chi connectivity index (χ0n) is 14.7. The molecule has 0 radical (unpaired) electrons. The Balaban J connectivity index is 0. The van der Waals surface area contributed by atoms with Crippen molar-refractivity contribution in [2.75, 3.05) is 33.2 Å². The molecule has 1 saturated heterocycles. The number of carbonyl (C=O) groups excluding carboxylic acids is 1. The third-order valence-electron chi connectivity index (χ3n) is 4.50. The Bertz CT molecular complexity index is 295. The van der Waals surface area contributed by atoms with Gasteiger partial charge in [-0.25, -0.2) is 0 Å². The minimum Gasteiger partial charge on any atom is -0.354 e. The Labute approximate surface area is 149 Å². The summed E-state index contributed by atoms with van der Waals surface area (Å²) in [6.07, 6.45) is 2.57. The van der Waals surface area contributed by atoms with Gasteiger partial charge in [0, 0.05) is 25.0 Å². The van der Waals surface area contributed by atoms with Gasteiger partial charge in [0.25, 0.3) is 0 Å². The van der Waals surface area contributed by atoms with Crippen LogP contribution in [-0.2, 0) is 4.79 Å². The molecule has 22 heavy (non-hydrogen) atoms. The van der Waals surface area contributed by atoms with E-state index in [1.807, 2.05) is 14.0 Å². The summed E-state index contributed by atoms with van der Waals surface area (Å²) in [4.78, 5) is 14.6. The summed E-state index contributed by atoms with van der Waals surface area (Å²) in [5.74, 6) is 1.62. The number of carbonyl (C=O) groups is 1. The summed E-state index contributed by atoms with van der Waals surface area (Å²) in [7, 11) is 1.88. The Hall–Kier alpha value is -0.0300. The number of likely N-dealkylation sites (tertiary alicyclic amines) is 1. The van der Waals surface area contributed by atoms with Gasteiger partial charge in [-0.15, -0.1) is 24.8 Å². The average molecular weight is 356 g/mol. The van der Waals surface area contributed by atoms with E-state index < -0.39 is 0 Å². The van der Waals surface area contributed by atoms with Gasteiger partial charge in [0.2, 0.25) is 5.91 Å². The van der Waals surface area contributed by atoms with Crippen LogP contribution in [0.3, 0.4) is 0 Å². The average Bonchev–Trinajstić information content (AvgIpc) is 2.40. The van der Waals surface area contributed by atoms with Crippen molar-refractivity contribution in [3.05, 3.63) is 0 Å². The molecule has 2 atom stereocenters. The van der Waals surface area contributed by atoms with E-state index in [9.17, 15) is 4.79 Å². The molecule has 1 fully saturated rings. The third-order valence-corrected chi connectivity index (χ3v) is 4.50. The lowest BCUT2D eigenvalue weighted by Crippen LogP contribution is -2.50. The fraction of sp³-hybridized carbons (Fsp3) is 0.938. The summed E-state index contributed by atoms with van der Waals surface area (Å²) in [6.45, 7) is 12.7. The van der Waals surface area contributed by atoms with Gasteiger partial charge in [-0.2, -0.15) is 0 Å². The molecule has 0 aromatic rings. The molecule has 1 aliphatic rings. The van der Waals surface area contributed by atoms with Crippen LogP contribution in [-0.4, -0.2) is 50.1 Å². The summed E-state index contributed by atoms with van der Waals surface area (Å²) < 4.78 is 0. The first kappa shape index (κ1) is 24.2. The summed E-state index contributed by atoms with van der Waals surface area (Å²) in [5, 5.41) is 6.19. The number of hydrogen-bond donors (Lipinski definition) is 2. The lowest BCUT2D eigenvalue weighted by atomic mass is 9.94. The van der Waals surface area contributed by atoms with E-state index in [0.717, 1.165) is 19.0 Å². The van der Waals surface area contributed by atoms with Crippen molar-refractivity contribution in [2.45, 2.75) is 46.6 Å². The van der Waals surface area contributed by atoms with Crippen molar-refractivity contribution >= 4 is 30.7 Å². The summed E-state index contributed by atoms with van der Waals surface area (Å²) in [6, 6.07) is 0.466. The first-order valence-electron chi connectivity index (χ1n) is 8.12. The highest BCUT2D eigenvalue weighted by Gasteiger charge is 2.26. The predicted octanol–water partition coefficient (Wildman–Crippen LogP) is 2.56. The molecule has 0 aromatic carbocycles. The number of halogens is 2. The molecule has 2 N–H and O–H groups in total. The van der Waals surface area contributed by atoms with E-state index in [0.29, 0.717) is 12.0 Å². The molecule has 1 aliphatic heterocycles. The molecule has 4 nitrogen and oxygen atoms in total. The molecular formula is C16H35Cl2N3O. The second-order valence-electron chi connectivity index (χ2n) is 6.73. The van der Waals surface area contributed by atoms with Crippen molar-refractivity contribution in [1.82, 2.24) is 15.5 Å². The van der Waals surface area contributed by atoms with Gasteiger partial charge in [0.1, 0.15) is 0 Å². The Morgan fingerprint density at radius 3 is 2.14 bits per heavy atom. The first-order valence-corrected chi connectivity index (χ1v) is 8.12. The highest BCUT2D eigenvalue weighted by atomic mass is 35.5. The molecule has 134 valence electrons. The van der Waals surface area contributed by atoms with Crippen LogP contribution < -0.4 is 10.6 Å². The highest BCUT2D eigenvalue weighted by Crippen LogP contribution is 2.21. The minimum absolute atomic E-state index is 0. The van der Waals surface area contributed by atoms with Crippen LogP contribution >= 0.6 is 24.8 Å². The van der Waals surface area contributed by atoms with Crippen LogP contribution in [0.4, 0.5) is 0 Å². The van der Waals surface area contributed by atoms with E-state index in [1.54, 1.807) is 0 Å². The van der Waals surface area contributed by atoms with Crippen LogP contribution in [0, 0.1) is 17.8 Å². The number of rotatable bonds is 7. The van der Waals surface area contributed by atoms with Crippen molar-refractivity contribution in [1.29, 1.82) is 0 Å². The molecule has 0 aromatic heterocycles. The number of nitrogens with zero attached hydrogens (tertiary/aromatic N) is 1. The van der Waals surface area contributed by atoms with Gasteiger partial charge in [0.05, 0.1) is 0 Å². The second-order valence-corrected chi connectivity index (χ2v) is 6.73. The molecule has 1 amide bonds. The van der Waals surface area contributed by atoms with Gasteiger partial charge in [-0.05, 0) is 44.8 Å². The second kappa shape index (κ2) is 12.4. The summed E-state index contributed by atoms with van der Waals surface area (Å²) >= 11 is 0. The summed E-state index contributed by atoms with van der Waals surface area (Å²) in [5.41, 5.74) is 0. The maximum Gasteiger partial charge on any atom is 0.224 e. The predicted molar refractivity (Wildman–Crippen MR) is 99.2 cm³/mol. The monoisotopic (exact) mass is 355 g/mol. The number of hydrogen-bond acceptors (Lipinski definition) is 3. The van der Waals surface area contributed by atoms with Crippen LogP contribution in [0.2, 0.25) is 0 Å². The van der Waals surface area contributed by atoms with E-state index in [-0.39, 0.29) is 36.6 Å². The molecule has 1 heterocycles. The lowest BCUT2D eigenvalue weighted by Gasteiger charge is -2.39. The normalized spacial score (nSPS) is 19.0. The standard InChI is InChI=1S/C16H33N3O.2ClH/c1-12(2)15(19-8-6-13(3)7-9-19)11-18-16(20)14(4)10-17-5;;/h12-15,17H,6-11H2,1-5H3,(H,18,20);2*1H. The zero-order valence-corrected chi connectivity index (χ0v) is 16.4. The van der Waals surface area contributed by atoms with Gasteiger partial charge in [-0.3, -0.25) is 9.69 Å². The van der Waals surface area contributed by atoms with Gasteiger partial charge < -0.3 is 10.6 Å². The maximum absolute atomic E-state index is 12.0. The molecule has 6 heteroatoms. The fourth-order valence-electron chi connectivity index (χ4n) is 2.92. The van der Waals surface area contributed by atoms with Crippen LogP contribution in [0.15, 0.2) is 0 Å². The zero-order chi connectivity index (χ0) is 15.1. The number of piperidine rings is 1.